The molecule has 7 heteroatoms. The largest absolute Gasteiger partial charge is 0.480 e. The lowest BCUT2D eigenvalue weighted by atomic mass is 10.3. The van der Waals surface area contributed by atoms with Crippen LogP contribution in [0.3, 0.4) is 0 Å². The fourth-order valence-corrected chi connectivity index (χ4v) is 1.78. The van der Waals surface area contributed by atoms with Gasteiger partial charge in [0, 0.05) is 6.54 Å². The van der Waals surface area contributed by atoms with Crippen molar-refractivity contribution in [1.82, 2.24) is 9.97 Å². The summed E-state index contributed by atoms with van der Waals surface area (Å²) in [4.78, 5) is 21.2. The number of hydrogen-bond acceptors (Lipinski definition) is 5. The molecule has 0 unspecified atom stereocenters. The minimum Gasteiger partial charge on any atom is -0.480 e. The molecule has 18 heavy (non-hydrogen) atoms. The second-order valence-electron chi connectivity index (χ2n) is 3.77. The third kappa shape index (κ3) is 4.14. The number of anilines is 1. The first-order valence-electron chi connectivity index (χ1n) is 5.68. The first-order valence-corrected chi connectivity index (χ1v) is 6.47. The summed E-state index contributed by atoms with van der Waals surface area (Å²) in [7, 11) is 1.53. The number of carbonyl (C=O) groups is 1. The van der Waals surface area contributed by atoms with Crippen molar-refractivity contribution in [2.45, 2.75) is 19.8 Å². The topological polar surface area (TPSA) is 81.3 Å². The number of nitrogens with two attached hydrogens (primary N) is 1. The van der Waals surface area contributed by atoms with Crippen LogP contribution in [0, 0.1) is 0 Å². The van der Waals surface area contributed by atoms with Crippen molar-refractivity contribution in [3.63, 3.8) is 0 Å². The molecule has 6 nitrogen and oxygen atoms in total. The van der Waals surface area contributed by atoms with Crippen LogP contribution in [0.15, 0.2) is 10.7 Å². The number of amides is 1. The highest BCUT2D eigenvalue weighted by Gasteiger charge is 2.14. The van der Waals surface area contributed by atoms with E-state index in [1.165, 1.54) is 7.11 Å². The summed E-state index contributed by atoms with van der Waals surface area (Å²) in [5.74, 6) is 0.477. The van der Waals surface area contributed by atoms with Crippen LogP contribution in [0.5, 0.6) is 5.88 Å². The molecule has 0 aliphatic rings. The minimum atomic E-state index is -0.406. The first kappa shape index (κ1) is 14.7. The number of unbranched alkanes of at least 4 members (excludes halogenated alkanes) is 1. The molecule has 1 heterocycles. The molecule has 0 aliphatic carbocycles. The van der Waals surface area contributed by atoms with Gasteiger partial charge in [-0.15, -0.1) is 0 Å². The maximum Gasteiger partial charge on any atom is 0.237 e. The Bertz CT molecular complexity index is 414. The Balaban J connectivity index is 2.92. The second kappa shape index (κ2) is 7.15. The molecule has 2 N–H and O–H groups in total. The van der Waals surface area contributed by atoms with Crippen LogP contribution < -0.4 is 15.4 Å². The molecule has 0 bridgehead atoms. The smallest absolute Gasteiger partial charge is 0.237 e. The van der Waals surface area contributed by atoms with Crippen molar-refractivity contribution >= 4 is 27.8 Å². The van der Waals surface area contributed by atoms with Crippen LogP contribution >= 0.6 is 15.9 Å². The maximum absolute atomic E-state index is 11.1. The highest BCUT2D eigenvalue weighted by molar-refractivity contribution is 9.10. The van der Waals surface area contributed by atoms with Gasteiger partial charge in [0.05, 0.1) is 24.3 Å². The molecule has 1 aromatic heterocycles. The van der Waals surface area contributed by atoms with E-state index in [-0.39, 0.29) is 6.54 Å². The Morgan fingerprint density at radius 3 is 2.89 bits per heavy atom. The molecule has 0 aliphatic heterocycles. The molecule has 0 radical (unpaired) electrons. The molecule has 0 spiro atoms. The third-order valence-corrected chi connectivity index (χ3v) is 2.85. The fraction of sp³-hybridized carbons (Fsp3) is 0.545. The second-order valence-corrected chi connectivity index (χ2v) is 4.62. The number of nitrogens with zero attached hydrogens (tertiary/aromatic N) is 3. The van der Waals surface area contributed by atoms with E-state index in [0.717, 1.165) is 12.8 Å². The van der Waals surface area contributed by atoms with Gasteiger partial charge in [-0.3, -0.25) is 4.79 Å². The lowest BCUT2D eigenvalue weighted by molar-refractivity contribution is -0.116. The Kier molecular flexibility index (Phi) is 5.84. The molecule has 1 aromatic rings. The van der Waals surface area contributed by atoms with Crippen molar-refractivity contribution in [1.29, 1.82) is 0 Å². The number of aromatic nitrogens is 2. The summed E-state index contributed by atoms with van der Waals surface area (Å²) in [5.41, 5.74) is 5.23. The van der Waals surface area contributed by atoms with Crippen molar-refractivity contribution < 1.29 is 9.53 Å². The van der Waals surface area contributed by atoms with Gasteiger partial charge in [-0.2, -0.15) is 4.98 Å². The Hall–Kier alpha value is -1.37. The van der Waals surface area contributed by atoms with E-state index in [1.54, 1.807) is 11.1 Å². The van der Waals surface area contributed by atoms with Gasteiger partial charge in [-0.25, -0.2) is 4.98 Å². The van der Waals surface area contributed by atoms with E-state index in [9.17, 15) is 4.79 Å². The Morgan fingerprint density at radius 1 is 1.61 bits per heavy atom. The summed E-state index contributed by atoms with van der Waals surface area (Å²) >= 11 is 3.28. The van der Waals surface area contributed by atoms with Gasteiger partial charge < -0.3 is 15.4 Å². The molecular formula is C11H17BrN4O2. The van der Waals surface area contributed by atoms with E-state index < -0.39 is 5.91 Å². The van der Waals surface area contributed by atoms with Gasteiger partial charge in [0.25, 0.3) is 0 Å². The summed E-state index contributed by atoms with van der Waals surface area (Å²) < 4.78 is 5.77. The standard InChI is InChI=1S/C11H17BrN4O2/c1-3-4-5-16(7-9(13)17)11-14-6-8(12)10(15-11)18-2/h6H,3-5,7H2,1-2H3,(H2,13,17). The molecule has 0 saturated heterocycles. The number of ether oxygens (including phenoxy) is 1. The monoisotopic (exact) mass is 316 g/mol. The molecule has 100 valence electrons. The van der Waals surface area contributed by atoms with E-state index in [4.69, 9.17) is 10.5 Å². The van der Waals surface area contributed by atoms with E-state index in [0.29, 0.717) is 22.8 Å². The van der Waals surface area contributed by atoms with Gasteiger partial charge in [0.15, 0.2) is 0 Å². The Morgan fingerprint density at radius 2 is 2.33 bits per heavy atom. The van der Waals surface area contributed by atoms with Crippen LogP contribution in [-0.4, -0.2) is 36.1 Å². The summed E-state index contributed by atoms with van der Waals surface area (Å²) in [6.45, 7) is 2.86. The zero-order valence-electron chi connectivity index (χ0n) is 10.5. The predicted octanol–water partition coefficient (Wildman–Crippen LogP) is 1.34. The molecule has 1 amide bonds. The summed E-state index contributed by atoms with van der Waals surface area (Å²) in [6.07, 6.45) is 3.55. The van der Waals surface area contributed by atoms with Crippen LogP contribution in [0.4, 0.5) is 5.95 Å². The number of hydrogen-bond donors (Lipinski definition) is 1. The average molecular weight is 317 g/mol. The number of rotatable bonds is 7. The van der Waals surface area contributed by atoms with Crippen LogP contribution in [0.2, 0.25) is 0 Å². The molecule has 0 atom stereocenters. The Labute approximate surface area is 115 Å². The number of primary amides is 1. The zero-order valence-corrected chi connectivity index (χ0v) is 12.1. The lowest BCUT2D eigenvalue weighted by Crippen LogP contribution is -2.35. The molecule has 0 saturated carbocycles. The van der Waals surface area contributed by atoms with Crippen LogP contribution in [0.1, 0.15) is 19.8 Å². The third-order valence-electron chi connectivity index (χ3n) is 2.30. The molecule has 0 fully saturated rings. The number of halogens is 1. The van der Waals surface area contributed by atoms with E-state index in [2.05, 4.69) is 32.8 Å². The first-order chi connectivity index (χ1) is 8.58. The number of carbonyl (C=O) groups excluding carboxylic acids is 1. The van der Waals surface area contributed by atoms with Gasteiger partial charge in [0.2, 0.25) is 17.7 Å². The highest BCUT2D eigenvalue weighted by Crippen LogP contribution is 2.23. The zero-order chi connectivity index (χ0) is 13.5. The van der Waals surface area contributed by atoms with Gasteiger partial charge in [-0.05, 0) is 22.4 Å². The van der Waals surface area contributed by atoms with Gasteiger partial charge in [0.1, 0.15) is 0 Å². The normalized spacial score (nSPS) is 10.2. The number of methoxy groups -OCH3 is 1. The summed E-state index contributed by atoms with van der Waals surface area (Å²) in [6, 6.07) is 0. The van der Waals surface area contributed by atoms with Crippen molar-refractivity contribution in [2.75, 3.05) is 25.1 Å². The molecule has 0 aromatic carbocycles. The predicted molar refractivity (Wildman–Crippen MR) is 72.6 cm³/mol. The van der Waals surface area contributed by atoms with Crippen molar-refractivity contribution in [2.24, 2.45) is 5.73 Å². The SMILES string of the molecule is CCCCN(CC(N)=O)c1ncc(Br)c(OC)n1. The highest BCUT2D eigenvalue weighted by atomic mass is 79.9. The van der Waals surface area contributed by atoms with Crippen molar-refractivity contribution in [3.05, 3.63) is 10.7 Å². The summed E-state index contributed by atoms with van der Waals surface area (Å²) in [5, 5.41) is 0. The van der Waals surface area contributed by atoms with Crippen molar-refractivity contribution in [3.8, 4) is 5.88 Å². The van der Waals surface area contributed by atoms with E-state index in [1.807, 2.05) is 0 Å². The minimum absolute atomic E-state index is 0.102. The van der Waals surface area contributed by atoms with E-state index >= 15 is 0 Å². The molecular weight excluding hydrogens is 300 g/mol. The quantitative estimate of drug-likeness (QED) is 0.821. The van der Waals surface area contributed by atoms with Gasteiger partial charge >= 0.3 is 0 Å². The fourth-order valence-electron chi connectivity index (χ4n) is 1.43. The average Bonchev–Trinajstić information content (AvgIpc) is 2.34. The maximum atomic E-state index is 11.1. The molecule has 1 rings (SSSR count). The van der Waals surface area contributed by atoms with Gasteiger partial charge in [-0.1, -0.05) is 13.3 Å². The van der Waals surface area contributed by atoms with Crippen LogP contribution in [0.25, 0.3) is 0 Å². The van der Waals surface area contributed by atoms with Crippen LogP contribution in [-0.2, 0) is 4.79 Å². The lowest BCUT2D eigenvalue weighted by Gasteiger charge is -2.21.